The van der Waals surface area contributed by atoms with Crippen LogP contribution in [0.15, 0.2) is 24.3 Å². The van der Waals surface area contributed by atoms with Gasteiger partial charge in [0, 0.05) is 25.3 Å². The Labute approximate surface area is 122 Å². The molecule has 6 nitrogen and oxygen atoms in total. The van der Waals surface area contributed by atoms with Crippen LogP contribution in [0.1, 0.15) is 0 Å². The number of aliphatic hydroxyl groups excluding tert-OH is 1. The number of carbonyl (C=O) groups excluding carboxylic acids is 1. The number of hydrogen-bond donors (Lipinski definition) is 3. The Bertz CT molecular complexity index is 467. The third kappa shape index (κ3) is 5.30. The fourth-order valence-corrected chi connectivity index (χ4v) is 2.16. The van der Waals surface area contributed by atoms with Crippen LogP contribution in [-0.2, 0) is 4.74 Å². The molecule has 0 spiro atoms. The summed E-state index contributed by atoms with van der Waals surface area (Å²) in [6.07, 6.45) is 0. The fourth-order valence-electron chi connectivity index (χ4n) is 2.16. The molecule has 1 aliphatic heterocycles. The van der Waals surface area contributed by atoms with Gasteiger partial charge in [-0.15, -0.1) is 0 Å². The van der Waals surface area contributed by atoms with E-state index >= 15 is 0 Å². The summed E-state index contributed by atoms with van der Waals surface area (Å²) in [5.74, 6) is -0.417. The number of carbonyl (C=O) groups is 1. The number of aliphatic hydroxyl groups is 1. The first kappa shape index (κ1) is 15.7. The molecule has 0 unspecified atom stereocenters. The fraction of sp³-hybridized carbons (Fsp3) is 0.500. The minimum atomic E-state index is -0.465. The second-order valence-electron chi connectivity index (χ2n) is 4.90. The molecule has 0 aromatic heterocycles. The van der Waals surface area contributed by atoms with E-state index in [1.54, 1.807) is 6.07 Å². The zero-order valence-electron chi connectivity index (χ0n) is 11.7. The first-order chi connectivity index (χ1) is 10.2. The number of rotatable bonds is 5. The molecular formula is C14H20FN3O3. The number of hydrogen-bond acceptors (Lipinski definition) is 4. The van der Waals surface area contributed by atoms with Crippen molar-refractivity contribution < 1.29 is 19.0 Å². The molecule has 0 saturated carbocycles. The number of halogens is 1. The Hall–Kier alpha value is -1.70. The summed E-state index contributed by atoms with van der Waals surface area (Å²) >= 11 is 0. The van der Waals surface area contributed by atoms with Gasteiger partial charge in [-0.05, 0) is 18.2 Å². The van der Waals surface area contributed by atoms with Gasteiger partial charge in [-0.1, -0.05) is 6.07 Å². The van der Waals surface area contributed by atoms with Crippen LogP contribution in [0, 0.1) is 5.82 Å². The summed E-state index contributed by atoms with van der Waals surface area (Å²) in [4.78, 5) is 14.0. The molecule has 2 amide bonds. The molecule has 1 aliphatic rings. The van der Waals surface area contributed by atoms with Gasteiger partial charge >= 0.3 is 6.03 Å². The van der Waals surface area contributed by atoms with Gasteiger partial charge in [0.15, 0.2) is 0 Å². The number of benzene rings is 1. The summed E-state index contributed by atoms with van der Waals surface area (Å²) in [5, 5.41) is 14.6. The average molecular weight is 297 g/mol. The standard InChI is InChI=1S/C14H20FN3O3/c15-11-2-1-3-12(8-11)16-14(20)17-13(10-19)9-18-4-6-21-7-5-18/h1-3,8,13,19H,4-7,9-10H2,(H2,16,17,20)/t13-/m1/s1. The Balaban J connectivity index is 1.81. The predicted octanol–water partition coefficient (Wildman–Crippen LogP) is 0.640. The zero-order chi connectivity index (χ0) is 15.1. The Morgan fingerprint density at radius 1 is 1.43 bits per heavy atom. The lowest BCUT2D eigenvalue weighted by Crippen LogP contribution is -2.49. The second kappa shape index (κ2) is 7.92. The van der Waals surface area contributed by atoms with Gasteiger partial charge in [-0.2, -0.15) is 0 Å². The molecule has 1 aromatic carbocycles. The summed E-state index contributed by atoms with van der Waals surface area (Å²) in [7, 11) is 0. The summed E-state index contributed by atoms with van der Waals surface area (Å²) < 4.78 is 18.3. The molecule has 7 heteroatoms. The number of amides is 2. The number of nitrogens with zero attached hydrogens (tertiary/aromatic N) is 1. The van der Waals surface area contributed by atoms with Crippen LogP contribution in [0.25, 0.3) is 0 Å². The number of urea groups is 1. The topological polar surface area (TPSA) is 73.8 Å². The van der Waals surface area contributed by atoms with Crippen LogP contribution < -0.4 is 10.6 Å². The van der Waals surface area contributed by atoms with E-state index in [1.165, 1.54) is 18.2 Å². The monoisotopic (exact) mass is 297 g/mol. The summed E-state index contributed by atoms with van der Waals surface area (Å²) in [6.45, 7) is 3.28. The van der Waals surface area contributed by atoms with Crippen molar-refractivity contribution in [2.45, 2.75) is 6.04 Å². The lowest BCUT2D eigenvalue weighted by molar-refractivity contribution is 0.0308. The highest BCUT2D eigenvalue weighted by Crippen LogP contribution is 2.08. The zero-order valence-corrected chi connectivity index (χ0v) is 11.7. The van der Waals surface area contributed by atoms with E-state index in [0.717, 1.165) is 13.1 Å². The lowest BCUT2D eigenvalue weighted by atomic mass is 10.2. The first-order valence-corrected chi connectivity index (χ1v) is 6.91. The third-order valence-electron chi connectivity index (χ3n) is 3.22. The van der Waals surface area contributed by atoms with Crippen LogP contribution in [0.3, 0.4) is 0 Å². The molecule has 1 fully saturated rings. The predicted molar refractivity (Wildman–Crippen MR) is 76.7 cm³/mol. The van der Waals surface area contributed by atoms with E-state index in [9.17, 15) is 14.3 Å². The van der Waals surface area contributed by atoms with Crippen molar-refractivity contribution in [3.63, 3.8) is 0 Å². The highest BCUT2D eigenvalue weighted by Gasteiger charge is 2.18. The van der Waals surface area contributed by atoms with E-state index in [0.29, 0.717) is 25.4 Å². The normalized spacial score (nSPS) is 17.2. The van der Waals surface area contributed by atoms with E-state index in [4.69, 9.17) is 4.74 Å². The van der Waals surface area contributed by atoms with Crippen LogP contribution in [-0.4, -0.2) is 61.5 Å². The van der Waals surface area contributed by atoms with E-state index in [2.05, 4.69) is 15.5 Å². The maximum atomic E-state index is 13.0. The van der Waals surface area contributed by atoms with Gasteiger partial charge < -0.3 is 20.5 Å². The second-order valence-corrected chi connectivity index (χ2v) is 4.90. The highest BCUT2D eigenvalue weighted by atomic mass is 19.1. The molecule has 0 aliphatic carbocycles. The number of morpholine rings is 1. The molecule has 1 aromatic rings. The summed E-state index contributed by atoms with van der Waals surface area (Å²) in [6, 6.07) is 4.80. The van der Waals surface area contributed by atoms with Crippen molar-refractivity contribution in [2.24, 2.45) is 0 Å². The molecule has 0 radical (unpaired) electrons. The van der Waals surface area contributed by atoms with Crippen LogP contribution in [0.4, 0.5) is 14.9 Å². The molecule has 1 heterocycles. The molecule has 1 saturated heterocycles. The Kier molecular flexibility index (Phi) is 5.91. The largest absolute Gasteiger partial charge is 0.394 e. The molecule has 116 valence electrons. The first-order valence-electron chi connectivity index (χ1n) is 6.91. The van der Waals surface area contributed by atoms with Gasteiger partial charge in [-0.3, -0.25) is 4.90 Å². The molecule has 1 atom stereocenters. The van der Waals surface area contributed by atoms with Crippen molar-refractivity contribution >= 4 is 11.7 Å². The van der Waals surface area contributed by atoms with E-state index in [1.807, 2.05) is 0 Å². The van der Waals surface area contributed by atoms with Crippen molar-refractivity contribution in [3.05, 3.63) is 30.1 Å². The minimum absolute atomic E-state index is 0.159. The SMILES string of the molecule is O=C(Nc1cccc(F)c1)N[C@@H](CO)CN1CCOCC1. The van der Waals surface area contributed by atoms with E-state index in [-0.39, 0.29) is 12.6 Å². The van der Waals surface area contributed by atoms with Gasteiger partial charge in [-0.25, -0.2) is 9.18 Å². The number of nitrogens with one attached hydrogen (secondary N) is 2. The highest BCUT2D eigenvalue weighted by molar-refractivity contribution is 5.89. The Morgan fingerprint density at radius 2 is 2.19 bits per heavy atom. The molecule has 3 N–H and O–H groups in total. The van der Waals surface area contributed by atoms with Gasteiger partial charge in [0.1, 0.15) is 5.82 Å². The van der Waals surface area contributed by atoms with Crippen molar-refractivity contribution in [3.8, 4) is 0 Å². The quantitative estimate of drug-likeness (QED) is 0.746. The van der Waals surface area contributed by atoms with E-state index < -0.39 is 11.8 Å². The van der Waals surface area contributed by atoms with Crippen LogP contribution in [0.2, 0.25) is 0 Å². The maximum Gasteiger partial charge on any atom is 0.319 e. The van der Waals surface area contributed by atoms with Gasteiger partial charge in [0.25, 0.3) is 0 Å². The van der Waals surface area contributed by atoms with Crippen molar-refractivity contribution in [1.82, 2.24) is 10.2 Å². The summed E-state index contributed by atoms with van der Waals surface area (Å²) in [5.41, 5.74) is 0.371. The lowest BCUT2D eigenvalue weighted by Gasteiger charge is -2.30. The number of ether oxygens (including phenoxy) is 1. The smallest absolute Gasteiger partial charge is 0.319 e. The van der Waals surface area contributed by atoms with Gasteiger partial charge in [0.2, 0.25) is 0 Å². The van der Waals surface area contributed by atoms with Crippen molar-refractivity contribution in [1.29, 1.82) is 0 Å². The Morgan fingerprint density at radius 3 is 2.86 bits per heavy atom. The maximum absolute atomic E-state index is 13.0. The van der Waals surface area contributed by atoms with Crippen molar-refractivity contribution in [2.75, 3.05) is 44.8 Å². The molecule has 2 rings (SSSR count). The molecular weight excluding hydrogens is 277 g/mol. The van der Waals surface area contributed by atoms with Crippen LogP contribution in [0.5, 0.6) is 0 Å². The van der Waals surface area contributed by atoms with Crippen LogP contribution >= 0.6 is 0 Å². The van der Waals surface area contributed by atoms with Gasteiger partial charge in [0.05, 0.1) is 25.9 Å². The average Bonchev–Trinajstić information content (AvgIpc) is 2.47. The third-order valence-corrected chi connectivity index (χ3v) is 3.22. The molecule has 0 bridgehead atoms. The number of anilines is 1. The molecule has 21 heavy (non-hydrogen) atoms. The minimum Gasteiger partial charge on any atom is -0.394 e.